The van der Waals surface area contributed by atoms with Crippen LogP contribution in [0, 0.1) is 0 Å². The normalized spacial score (nSPS) is 14.1. The second kappa shape index (κ2) is 7.36. The topological polar surface area (TPSA) is 63.2 Å². The van der Waals surface area contributed by atoms with Crippen LogP contribution >= 0.6 is 0 Å². The molecular formula is C8H19NO3S2. The molecule has 4 nitrogen and oxygen atoms in total. The fraction of sp³-hybridized carbons (Fsp3) is 1.00. The summed E-state index contributed by atoms with van der Waals surface area (Å²) in [7, 11) is -3.98. The highest BCUT2D eigenvalue weighted by Gasteiger charge is 2.05. The third-order valence-electron chi connectivity index (χ3n) is 1.62. The molecule has 0 aromatic carbocycles. The first-order chi connectivity index (χ1) is 6.45. The summed E-state index contributed by atoms with van der Waals surface area (Å²) in [6.45, 7) is 3.68. The van der Waals surface area contributed by atoms with E-state index < -0.39 is 20.6 Å². The minimum absolute atomic E-state index is 0.0212. The molecule has 0 fully saturated rings. The lowest BCUT2D eigenvalue weighted by molar-refractivity contribution is 0.602. The molecule has 1 unspecified atom stereocenters. The van der Waals surface area contributed by atoms with Crippen molar-refractivity contribution in [2.24, 2.45) is 0 Å². The molecule has 1 N–H and O–H groups in total. The van der Waals surface area contributed by atoms with Crippen LogP contribution < -0.4 is 5.32 Å². The van der Waals surface area contributed by atoms with Crippen molar-refractivity contribution in [2.45, 2.75) is 13.3 Å². The summed E-state index contributed by atoms with van der Waals surface area (Å²) >= 11 is 0. The average Bonchev–Trinajstić information content (AvgIpc) is 2.08. The maximum Gasteiger partial charge on any atom is 0.148 e. The summed E-state index contributed by atoms with van der Waals surface area (Å²) in [6.07, 6.45) is 2.22. The Bertz CT molecular complexity index is 262. The molecule has 1 atom stereocenters. The Balaban J connectivity index is 3.47. The fourth-order valence-electron chi connectivity index (χ4n) is 0.834. The van der Waals surface area contributed by atoms with E-state index in [-0.39, 0.29) is 11.5 Å². The Morgan fingerprint density at radius 3 is 2.36 bits per heavy atom. The first-order valence-electron chi connectivity index (χ1n) is 4.69. The predicted molar refractivity (Wildman–Crippen MR) is 60.7 cm³/mol. The van der Waals surface area contributed by atoms with Gasteiger partial charge in [-0.15, -0.1) is 0 Å². The zero-order chi connectivity index (χ0) is 11.0. The van der Waals surface area contributed by atoms with Crippen LogP contribution in [-0.2, 0) is 20.6 Å². The van der Waals surface area contributed by atoms with Crippen LogP contribution in [-0.4, -0.2) is 49.2 Å². The van der Waals surface area contributed by atoms with Crippen molar-refractivity contribution in [3.8, 4) is 0 Å². The van der Waals surface area contributed by atoms with Gasteiger partial charge in [-0.05, 0) is 13.0 Å². The molecule has 0 aromatic heterocycles. The molecule has 0 bridgehead atoms. The lowest BCUT2D eigenvalue weighted by Gasteiger charge is -2.02. The zero-order valence-corrected chi connectivity index (χ0v) is 10.4. The highest BCUT2D eigenvalue weighted by Crippen LogP contribution is 1.88. The molecule has 0 aliphatic heterocycles. The second-order valence-corrected chi connectivity index (χ2v) is 7.18. The van der Waals surface area contributed by atoms with E-state index in [1.165, 1.54) is 6.26 Å². The summed E-state index contributed by atoms with van der Waals surface area (Å²) in [6, 6.07) is 0. The Morgan fingerprint density at radius 2 is 1.86 bits per heavy atom. The van der Waals surface area contributed by atoms with Crippen LogP contribution in [0.3, 0.4) is 0 Å². The highest BCUT2D eigenvalue weighted by atomic mass is 32.2. The maximum absolute atomic E-state index is 11.3. The van der Waals surface area contributed by atoms with Crippen LogP contribution in [0.15, 0.2) is 0 Å². The molecule has 0 aliphatic rings. The molecule has 86 valence electrons. The Labute approximate surface area is 88.8 Å². The zero-order valence-electron chi connectivity index (χ0n) is 8.78. The molecule has 0 heterocycles. The van der Waals surface area contributed by atoms with Gasteiger partial charge in [0.15, 0.2) is 0 Å². The van der Waals surface area contributed by atoms with Gasteiger partial charge in [-0.3, -0.25) is 4.21 Å². The Morgan fingerprint density at radius 1 is 1.21 bits per heavy atom. The molecule has 0 rings (SSSR count). The smallest absolute Gasteiger partial charge is 0.148 e. The van der Waals surface area contributed by atoms with Gasteiger partial charge >= 0.3 is 0 Å². The summed E-state index contributed by atoms with van der Waals surface area (Å²) < 4.78 is 32.8. The number of sulfone groups is 1. The first kappa shape index (κ1) is 14.1. The number of nitrogens with one attached hydrogen (secondary N) is 1. The molecule has 0 spiro atoms. The molecular weight excluding hydrogens is 222 g/mol. The van der Waals surface area contributed by atoms with Gasteiger partial charge in [0, 0.05) is 35.1 Å². The fourth-order valence-corrected chi connectivity index (χ4v) is 3.36. The summed E-state index contributed by atoms with van der Waals surface area (Å²) in [4.78, 5) is 0. The van der Waals surface area contributed by atoms with Crippen molar-refractivity contribution in [1.29, 1.82) is 0 Å². The highest BCUT2D eigenvalue weighted by molar-refractivity contribution is 7.92. The lowest BCUT2D eigenvalue weighted by atomic mass is 10.5. The summed E-state index contributed by atoms with van der Waals surface area (Å²) in [5.74, 6) is 0.815. The van der Waals surface area contributed by atoms with Crippen LogP contribution in [0.1, 0.15) is 13.3 Å². The Kier molecular flexibility index (Phi) is 7.40. The number of hydrogen-bond acceptors (Lipinski definition) is 4. The minimum atomic E-state index is -2.97. The number of rotatable bonds is 8. The van der Waals surface area contributed by atoms with Gasteiger partial charge in [0.1, 0.15) is 9.84 Å². The van der Waals surface area contributed by atoms with Crippen molar-refractivity contribution in [3.63, 3.8) is 0 Å². The monoisotopic (exact) mass is 241 g/mol. The SMILES string of the molecule is CCCNCCS(=O)CCS(C)(=O)=O. The van der Waals surface area contributed by atoms with Crippen molar-refractivity contribution >= 4 is 20.6 Å². The van der Waals surface area contributed by atoms with E-state index in [9.17, 15) is 12.6 Å². The molecule has 0 amide bonds. The first-order valence-corrected chi connectivity index (χ1v) is 8.24. The third-order valence-corrected chi connectivity index (χ3v) is 4.14. The van der Waals surface area contributed by atoms with E-state index in [1.807, 2.05) is 0 Å². The molecule has 0 aliphatic carbocycles. The second-order valence-electron chi connectivity index (χ2n) is 3.23. The van der Waals surface area contributed by atoms with Crippen LogP contribution in [0.2, 0.25) is 0 Å². The van der Waals surface area contributed by atoms with Gasteiger partial charge in [0.25, 0.3) is 0 Å². The van der Waals surface area contributed by atoms with E-state index in [1.54, 1.807) is 0 Å². The lowest BCUT2D eigenvalue weighted by Crippen LogP contribution is -2.23. The average molecular weight is 241 g/mol. The van der Waals surface area contributed by atoms with E-state index in [2.05, 4.69) is 12.2 Å². The van der Waals surface area contributed by atoms with E-state index >= 15 is 0 Å². The van der Waals surface area contributed by atoms with Gasteiger partial charge < -0.3 is 5.32 Å². The summed E-state index contributed by atoms with van der Waals surface area (Å²) in [5, 5.41) is 3.12. The molecule has 0 aromatic rings. The van der Waals surface area contributed by atoms with Gasteiger partial charge in [0.2, 0.25) is 0 Å². The van der Waals surface area contributed by atoms with Gasteiger partial charge in [-0.2, -0.15) is 0 Å². The quantitative estimate of drug-likeness (QED) is 0.597. The van der Waals surface area contributed by atoms with Crippen molar-refractivity contribution < 1.29 is 12.6 Å². The largest absolute Gasteiger partial charge is 0.316 e. The molecule has 6 heteroatoms. The van der Waals surface area contributed by atoms with Crippen molar-refractivity contribution in [1.82, 2.24) is 5.32 Å². The van der Waals surface area contributed by atoms with Crippen LogP contribution in [0.25, 0.3) is 0 Å². The Hall–Kier alpha value is 0.0600. The summed E-state index contributed by atoms with van der Waals surface area (Å²) in [5.41, 5.74) is 0. The third kappa shape index (κ3) is 10.1. The van der Waals surface area contributed by atoms with E-state index in [0.29, 0.717) is 12.3 Å². The molecule has 14 heavy (non-hydrogen) atoms. The van der Waals surface area contributed by atoms with Gasteiger partial charge in [-0.1, -0.05) is 6.92 Å². The van der Waals surface area contributed by atoms with E-state index in [0.717, 1.165) is 13.0 Å². The number of hydrogen-bond donors (Lipinski definition) is 1. The van der Waals surface area contributed by atoms with Crippen molar-refractivity contribution in [2.75, 3.05) is 36.6 Å². The maximum atomic E-state index is 11.3. The predicted octanol–water partition coefficient (Wildman–Crippen LogP) is -0.221. The van der Waals surface area contributed by atoms with Gasteiger partial charge in [-0.25, -0.2) is 8.42 Å². The van der Waals surface area contributed by atoms with Crippen LogP contribution in [0.5, 0.6) is 0 Å². The molecule has 0 saturated heterocycles. The molecule has 0 radical (unpaired) electrons. The van der Waals surface area contributed by atoms with Gasteiger partial charge in [0.05, 0.1) is 5.75 Å². The minimum Gasteiger partial charge on any atom is -0.316 e. The van der Waals surface area contributed by atoms with Crippen LogP contribution in [0.4, 0.5) is 0 Å². The van der Waals surface area contributed by atoms with E-state index in [4.69, 9.17) is 0 Å². The molecule has 0 saturated carbocycles. The van der Waals surface area contributed by atoms with Crippen molar-refractivity contribution in [3.05, 3.63) is 0 Å². The standard InChI is InChI=1S/C8H19NO3S2/c1-3-4-9-5-6-13(10)7-8-14(2,11)12/h9H,3-8H2,1-2H3.